The lowest BCUT2D eigenvalue weighted by Crippen LogP contribution is -2.25. The van der Waals surface area contributed by atoms with E-state index in [1.807, 2.05) is 0 Å². The first-order chi connectivity index (χ1) is 5.36. The van der Waals surface area contributed by atoms with Crippen molar-refractivity contribution in [2.45, 2.75) is 32.1 Å². The Balaban J connectivity index is 2.06. The summed E-state index contributed by atoms with van der Waals surface area (Å²) in [5, 5.41) is 0. The molecule has 11 heavy (non-hydrogen) atoms. The zero-order chi connectivity index (χ0) is 7.68. The zero-order valence-corrected chi connectivity index (χ0v) is 6.75. The Hall–Kier alpha value is -0.590. The molecule has 1 saturated carbocycles. The molecule has 1 nitrogen and oxygen atoms in total. The van der Waals surface area contributed by atoms with E-state index in [9.17, 15) is 4.79 Å². The Labute approximate surface area is 67.5 Å². The minimum Gasteiger partial charge on any atom is -0.300 e. The fourth-order valence-electron chi connectivity index (χ4n) is 2.27. The van der Waals surface area contributed by atoms with E-state index in [1.165, 1.54) is 6.42 Å². The van der Waals surface area contributed by atoms with Crippen molar-refractivity contribution in [3.05, 3.63) is 12.2 Å². The molecule has 0 unspecified atom stereocenters. The summed E-state index contributed by atoms with van der Waals surface area (Å²) in [7, 11) is 0. The summed E-state index contributed by atoms with van der Waals surface area (Å²) >= 11 is 0. The van der Waals surface area contributed by atoms with Crippen molar-refractivity contribution in [1.29, 1.82) is 0 Å². The highest BCUT2D eigenvalue weighted by molar-refractivity contribution is 5.79. The fraction of sp³-hybridized carbons (Fsp3) is 0.700. The Morgan fingerprint density at radius 3 is 2.73 bits per heavy atom. The molecule has 1 heteroatoms. The highest BCUT2D eigenvalue weighted by atomic mass is 16.1. The lowest BCUT2D eigenvalue weighted by atomic mass is 9.73. The molecule has 0 amide bonds. The van der Waals surface area contributed by atoms with E-state index < -0.39 is 0 Å². The van der Waals surface area contributed by atoms with E-state index in [-0.39, 0.29) is 0 Å². The van der Waals surface area contributed by atoms with Gasteiger partial charge in [-0.15, -0.1) is 0 Å². The average Bonchev–Trinajstić information content (AvgIpc) is 2.04. The summed E-state index contributed by atoms with van der Waals surface area (Å²) in [5.41, 5.74) is 0. The number of Topliss-reactive ketones (excluding diaryl/α,β-unsaturated/α-hetero) is 1. The summed E-state index contributed by atoms with van der Waals surface area (Å²) in [6.45, 7) is 0. The van der Waals surface area contributed by atoms with E-state index in [0.717, 1.165) is 31.6 Å². The van der Waals surface area contributed by atoms with Gasteiger partial charge in [0.1, 0.15) is 5.78 Å². The molecule has 0 heterocycles. The van der Waals surface area contributed by atoms with Gasteiger partial charge in [0.15, 0.2) is 0 Å². The third kappa shape index (κ3) is 1.37. The molecule has 0 radical (unpaired) electrons. The summed E-state index contributed by atoms with van der Waals surface area (Å²) in [6, 6.07) is 0. The van der Waals surface area contributed by atoms with Crippen molar-refractivity contribution in [2.24, 2.45) is 11.8 Å². The maximum Gasteiger partial charge on any atom is 0.133 e. The summed E-state index contributed by atoms with van der Waals surface area (Å²) < 4.78 is 0. The second-order valence-corrected chi connectivity index (χ2v) is 3.74. The number of hydrogen-bond acceptors (Lipinski definition) is 1. The van der Waals surface area contributed by atoms with Crippen molar-refractivity contribution in [3.63, 3.8) is 0 Å². The van der Waals surface area contributed by atoms with E-state index in [0.29, 0.717) is 11.7 Å². The Bertz CT molecular complexity index is 193. The third-order valence-corrected chi connectivity index (χ3v) is 2.99. The molecule has 60 valence electrons. The topological polar surface area (TPSA) is 17.1 Å². The highest BCUT2D eigenvalue weighted by Gasteiger charge is 2.28. The summed E-state index contributed by atoms with van der Waals surface area (Å²) in [5.74, 6) is 2.01. The first-order valence-electron chi connectivity index (χ1n) is 4.53. The van der Waals surface area contributed by atoms with E-state index in [4.69, 9.17) is 0 Å². The third-order valence-electron chi connectivity index (χ3n) is 2.99. The number of carbonyl (C=O) groups excluding carboxylic acids is 1. The molecule has 0 aromatic rings. The standard InChI is InChI=1S/C10H14O/c11-10-6-5-8-3-1-2-4-9(8)7-10/h1-2,8-9H,3-7H2/t8-,9-/m1/s1. The molecule has 2 atom stereocenters. The van der Waals surface area contributed by atoms with Gasteiger partial charge in [0.2, 0.25) is 0 Å². The van der Waals surface area contributed by atoms with Crippen molar-refractivity contribution in [1.82, 2.24) is 0 Å². The normalized spacial score (nSPS) is 36.9. The van der Waals surface area contributed by atoms with Crippen LogP contribution in [0, 0.1) is 11.8 Å². The maximum atomic E-state index is 11.1. The van der Waals surface area contributed by atoms with Crippen molar-refractivity contribution in [3.8, 4) is 0 Å². The summed E-state index contributed by atoms with van der Waals surface area (Å²) in [4.78, 5) is 11.1. The zero-order valence-electron chi connectivity index (χ0n) is 6.75. The molecule has 0 saturated heterocycles. The number of carbonyl (C=O) groups is 1. The number of hydrogen-bond donors (Lipinski definition) is 0. The van der Waals surface area contributed by atoms with E-state index in [2.05, 4.69) is 12.2 Å². The highest BCUT2D eigenvalue weighted by Crippen LogP contribution is 2.35. The van der Waals surface area contributed by atoms with Crippen molar-refractivity contribution in [2.75, 3.05) is 0 Å². The number of allylic oxidation sites excluding steroid dienone is 2. The molecule has 0 aromatic heterocycles. The van der Waals surface area contributed by atoms with Gasteiger partial charge in [0, 0.05) is 12.8 Å². The van der Waals surface area contributed by atoms with Gasteiger partial charge < -0.3 is 0 Å². The van der Waals surface area contributed by atoms with Crippen LogP contribution in [0.5, 0.6) is 0 Å². The first-order valence-corrected chi connectivity index (χ1v) is 4.53. The van der Waals surface area contributed by atoms with Gasteiger partial charge in [-0.3, -0.25) is 4.79 Å². The van der Waals surface area contributed by atoms with Crippen molar-refractivity contribution < 1.29 is 4.79 Å². The monoisotopic (exact) mass is 150 g/mol. The van der Waals surface area contributed by atoms with Gasteiger partial charge in [0.05, 0.1) is 0 Å². The molecule has 2 rings (SSSR count). The second-order valence-electron chi connectivity index (χ2n) is 3.74. The summed E-state index contributed by atoms with van der Waals surface area (Å²) in [6.07, 6.45) is 9.73. The molecule has 2 aliphatic rings. The van der Waals surface area contributed by atoms with Gasteiger partial charge in [-0.05, 0) is 31.1 Å². The van der Waals surface area contributed by atoms with Gasteiger partial charge in [-0.1, -0.05) is 12.2 Å². The Kier molecular flexibility index (Phi) is 1.80. The second kappa shape index (κ2) is 2.80. The molecule has 0 aromatic carbocycles. The van der Waals surface area contributed by atoms with Crippen LogP contribution in [0.15, 0.2) is 12.2 Å². The van der Waals surface area contributed by atoms with Crippen LogP contribution in [0.25, 0.3) is 0 Å². The predicted molar refractivity (Wildman–Crippen MR) is 44.2 cm³/mol. The molecular formula is C10H14O. The average molecular weight is 150 g/mol. The Morgan fingerprint density at radius 2 is 1.91 bits per heavy atom. The quantitative estimate of drug-likeness (QED) is 0.484. The minimum atomic E-state index is 0.488. The molecule has 0 N–H and O–H groups in total. The van der Waals surface area contributed by atoms with Gasteiger partial charge >= 0.3 is 0 Å². The van der Waals surface area contributed by atoms with Gasteiger partial charge in [-0.25, -0.2) is 0 Å². The first kappa shape index (κ1) is 7.08. The molecule has 0 aliphatic heterocycles. The number of fused-ring (bicyclic) bond motifs is 1. The largest absolute Gasteiger partial charge is 0.300 e. The van der Waals surface area contributed by atoms with Crippen LogP contribution in [0.1, 0.15) is 32.1 Å². The molecular weight excluding hydrogens is 136 g/mol. The van der Waals surface area contributed by atoms with Crippen LogP contribution in [0.3, 0.4) is 0 Å². The van der Waals surface area contributed by atoms with Gasteiger partial charge in [0.25, 0.3) is 0 Å². The van der Waals surface area contributed by atoms with E-state index >= 15 is 0 Å². The SMILES string of the molecule is O=C1CC[C@H]2CC=CC[C@@H]2C1. The van der Waals surface area contributed by atoms with E-state index in [1.54, 1.807) is 0 Å². The van der Waals surface area contributed by atoms with Crippen molar-refractivity contribution >= 4 is 5.78 Å². The predicted octanol–water partition coefficient (Wildman–Crippen LogP) is 2.32. The molecule has 1 fully saturated rings. The lowest BCUT2D eigenvalue weighted by Gasteiger charge is -2.31. The van der Waals surface area contributed by atoms with Crippen LogP contribution in [-0.4, -0.2) is 5.78 Å². The maximum absolute atomic E-state index is 11.1. The van der Waals surface area contributed by atoms with Crippen LogP contribution in [0.4, 0.5) is 0 Å². The van der Waals surface area contributed by atoms with Crippen LogP contribution in [-0.2, 0) is 4.79 Å². The smallest absolute Gasteiger partial charge is 0.133 e. The molecule has 0 spiro atoms. The number of rotatable bonds is 0. The van der Waals surface area contributed by atoms with Crippen LogP contribution >= 0.6 is 0 Å². The van der Waals surface area contributed by atoms with Crippen LogP contribution in [0.2, 0.25) is 0 Å². The van der Waals surface area contributed by atoms with Gasteiger partial charge in [-0.2, -0.15) is 0 Å². The lowest BCUT2D eigenvalue weighted by molar-refractivity contribution is -0.122. The van der Waals surface area contributed by atoms with Crippen LogP contribution < -0.4 is 0 Å². The Morgan fingerprint density at radius 1 is 1.18 bits per heavy atom. The fourth-order valence-corrected chi connectivity index (χ4v) is 2.27. The molecule has 0 bridgehead atoms. The molecule has 2 aliphatic carbocycles. The number of ketones is 1. The minimum absolute atomic E-state index is 0.488.